The molecular weight excluding hydrogens is 213 g/mol. The van der Waals surface area contributed by atoms with Crippen molar-refractivity contribution in [1.82, 2.24) is 15.2 Å². The van der Waals surface area contributed by atoms with Crippen molar-refractivity contribution < 1.29 is 14.3 Å². The van der Waals surface area contributed by atoms with E-state index in [0.717, 1.165) is 0 Å². The summed E-state index contributed by atoms with van der Waals surface area (Å²) < 4.78 is 12.9. The quantitative estimate of drug-likeness (QED) is 0.825. The maximum atomic E-state index is 12.9. The van der Waals surface area contributed by atoms with Gasteiger partial charge in [0.15, 0.2) is 0 Å². The number of hydrogen-bond donors (Lipinski definition) is 1. The van der Waals surface area contributed by atoms with Crippen LogP contribution in [0.3, 0.4) is 0 Å². The van der Waals surface area contributed by atoms with Gasteiger partial charge in [-0.3, -0.25) is 0 Å². The Morgan fingerprint density at radius 3 is 2.88 bits per heavy atom. The molecule has 2 aromatic rings. The SMILES string of the molecule is O=C(O)c1nncc(-c2cccc(F)c2)n1. The first-order valence-electron chi connectivity index (χ1n) is 4.36. The number of aromatic nitrogens is 3. The first-order chi connectivity index (χ1) is 7.66. The molecule has 0 saturated carbocycles. The third-order valence-corrected chi connectivity index (χ3v) is 1.87. The van der Waals surface area contributed by atoms with Gasteiger partial charge in [0.05, 0.1) is 11.9 Å². The maximum absolute atomic E-state index is 12.9. The molecule has 2 rings (SSSR count). The average molecular weight is 219 g/mol. The summed E-state index contributed by atoms with van der Waals surface area (Å²) in [4.78, 5) is 14.4. The lowest BCUT2D eigenvalue weighted by Gasteiger charge is -2.00. The third-order valence-electron chi connectivity index (χ3n) is 1.87. The molecule has 0 saturated heterocycles. The minimum atomic E-state index is -1.27. The predicted molar refractivity (Wildman–Crippen MR) is 52.2 cm³/mol. The molecule has 0 aliphatic heterocycles. The van der Waals surface area contributed by atoms with E-state index in [1.807, 2.05) is 0 Å². The van der Waals surface area contributed by atoms with E-state index >= 15 is 0 Å². The number of carboxylic acid groups (broad SMARTS) is 1. The molecule has 0 amide bonds. The smallest absolute Gasteiger partial charge is 0.375 e. The van der Waals surface area contributed by atoms with Crippen LogP contribution in [-0.4, -0.2) is 26.3 Å². The van der Waals surface area contributed by atoms with Crippen LogP contribution in [0.5, 0.6) is 0 Å². The van der Waals surface area contributed by atoms with Crippen LogP contribution in [0.4, 0.5) is 4.39 Å². The zero-order valence-corrected chi connectivity index (χ0v) is 7.96. The first-order valence-corrected chi connectivity index (χ1v) is 4.36. The van der Waals surface area contributed by atoms with Gasteiger partial charge in [-0.1, -0.05) is 12.1 Å². The Hall–Kier alpha value is -2.37. The summed E-state index contributed by atoms with van der Waals surface area (Å²) >= 11 is 0. The van der Waals surface area contributed by atoms with Crippen LogP contribution in [0.2, 0.25) is 0 Å². The van der Waals surface area contributed by atoms with Crippen molar-refractivity contribution in [3.8, 4) is 11.3 Å². The Labute approximate surface area is 89.6 Å². The molecule has 1 heterocycles. The molecule has 0 aliphatic carbocycles. The van der Waals surface area contributed by atoms with E-state index in [9.17, 15) is 9.18 Å². The highest BCUT2D eigenvalue weighted by Gasteiger charge is 2.09. The number of nitrogens with zero attached hydrogens (tertiary/aromatic N) is 3. The summed E-state index contributed by atoms with van der Waals surface area (Å²) in [6.45, 7) is 0. The monoisotopic (exact) mass is 219 g/mol. The Kier molecular flexibility index (Phi) is 2.55. The summed E-state index contributed by atoms with van der Waals surface area (Å²) in [7, 11) is 0. The fourth-order valence-electron chi connectivity index (χ4n) is 1.18. The molecule has 0 atom stereocenters. The van der Waals surface area contributed by atoms with Gasteiger partial charge in [0, 0.05) is 5.56 Å². The van der Waals surface area contributed by atoms with Crippen LogP contribution >= 0.6 is 0 Å². The van der Waals surface area contributed by atoms with Gasteiger partial charge in [0.2, 0.25) is 0 Å². The predicted octanol–water partition coefficient (Wildman–Crippen LogP) is 1.38. The fourth-order valence-corrected chi connectivity index (χ4v) is 1.18. The Bertz CT molecular complexity index is 545. The molecule has 0 aliphatic rings. The van der Waals surface area contributed by atoms with Crippen molar-refractivity contribution in [3.05, 3.63) is 42.1 Å². The third kappa shape index (κ3) is 2.00. The van der Waals surface area contributed by atoms with E-state index in [2.05, 4.69) is 15.2 Å². The van der Waals surface area contributed by atoms with Gasteiger partial charge in [-0.25, -0.2) is 14.2 Å². The molecule has 0 fully saturated rings. The molecule has 6 heteroatoms. The zero-order valence-electron chi connectivity index (χ0n) is 7.96. The molecule has 5 nitrogen and oxygen atoms in total. The summed E-state index contributed by atoms with van der Waals surface area (Å²) in [5, 5.41) is 15.5. The lowest BCUT2D eigenvalue weighted by Crippen LogP contribution is -2.06. The van der Waals surface area contributed by atoms with Gasteiger partial charge in [0.25, 0.3) is 5.82 Å². The second-order valence-corrected chi connectivity index (χ2v) is 2.98. The van der Waals surface area contributed by atoms with Crippen molar-refractivity contribution in [2.75, 3.05) is 0 Å². The summed E-state index contributed by atoms with van der Waals surface area (Å²) in [6.07, 6.45) is 1.28. The Morgan fingerprint density at radius 2 is 2.19 bits per heavy atom. The van der Waals surface area contributed by atoms with E-state index in [1.165, 1.54) is 24.4 Å². The lowest BCUT2D eigenvalue weighted by molar-refractivity contribution is 0.0682. The van der Waals surface area contributed by atoms with Gasteiger partial charge >= 0.3 is 5.97 Å². The van der Waals surface area contributed by atoms with Gasteiger partial charge < -0.3 is 5.11 Å². The van der Waals surface area contributed by atoms with Crippen LogP contribution < -0.4 is 0 Å². The van der Waals surface area contributed by atoms with Gasteiger partial charge in [-0.05, 0) is 12.1 Å². The summed E-state index contributed by atoms with van der Waals surface area (Å²) in [5.41, 5.74) is 0.726. The molecule has 0 bridgehead atoms. The molecule has 1 aromatic carbocycles. The van der Waals surface area contributed by atoms with Crippen LogP contribution in [0, 0.1) is 5.82 Å². The normalized spacial score (nSPS) is 10.1. The number of hydrogen-bond acceptors (Lipinski definition) is 4. The molecule has 1 aromatic heterocycles. The van der Waals surface area contributed by atoms with E-state index in [0.29, 0.717) is 5.56 Å². The van der Waals surface area contributed by atoms with Crippen LogP contribution in [0.15, 0.2) is 30.5 Å². The number of rotatable bonds is 2. The number of carboxylic acids is 1. The number of aromatic carboxylic acids is 1. The summed E-state index contributed by atoms with van der Waals surface area (Å²) in [6, 6.07) is 5.65. The highest BCUT2D eigenvalue weighted by Crippen LogP contribution is 2.16. The standard InChI is InChI=1S/C10H6FN3O2/c11-7-3-1-2-6(4-7)8-5-12-14-9(13-8)10(15)16/h1-5H,(H,15,16). The van der Waals surface area contributed by atoms with Crippen molar-refractivity contribution in [2.45, 2.75) is 0 Å². The summed E-state index contributed by atoms with van der Waals surface area (Å²) in [5.74, 6) is -2.11. The van der Waals surface area contributed by atoms with Crippen LogP contribution in [0.25, 0.3) is 11.3 Å². The van der Waals surface area contributed by atoms with E-state index in [-0.39, 0.29) is 5.69 Å². The van der Waals surface area contributed by atoms with Gasteiger partial charge in [-0.2, -0.15) is 5.10 Å². The van der Waals surface area contributed by atoms with Crippen molar-refractivity contribution in [1.29, 1.82) is 0 Å². The Balaban J connectivity index is 2.48. The molecule has 1 N–H and O–H groups in total. The average Bonchev–Trinajstić information content (AvgIpc) is 2.29. The number of carbonyl (C=O) groups is 1. The van der Waals surface area contributed by atoms with Crippen LogP contribution in [0.1, 0.15) is 10.6 Å². The van der Waals surface area contributed by atoms with Gasteiger partial charge in [-0.15, -0.1) is 5.10 Å². The largest absolute Gasteiger partial charge is 0.475 e. The molecule has 80 valence electrons. The molecular formula is C10H6FN3O2. The molecule has 0 spiro atoms. The lowest BCUT2D eigenvalue weighted by atomic mass is 10.1. The highest BCUT2D eigenvalue weighted by molar-refractivity contribution is 5.83. The van der Waals surface area contributed by atoms with Gasteiger partial charge in [0.1, 0.15) is 5.82 Å². The van der Waals surface area contributed by atoms with Crippen molar-refractivity contribution in [3.63, 3.8) is 0 Å². The zero-order chi connectivity index (χ0) is 11.5. The molecule has 0 unspecified atom stereocenters. The number of benzene rings is 1. The topological polar surface area (TPSA) is 76.0 Å². The van der Waals surface area contributed by atoms with Crippen molar-refractivity contribution in [2.24, 2.45) is 0 Å². The highest BCUT2D eigenvalue weighted by atomic mass is 19.1. The minimum absolute atomic E-state index is 0.270. The Morgan fingerprint density at radius 1 is 1.38 bits per heavy atom. The van der Waals surface area contributed by atoms with Crippen molar-refractivity contribution >= 4 is 5.97 Å². The molecule has 0 radical (unpaired) electrons. The molecule has 16 heavy (non-hydrogen) atoms. The fraction of sp³-hybridized carbons (Fsp3) is 0. The van der Waals surface area contributed by atoms with E-state index < -0.39 is 17.6 Å². The van der Waals surface area contributed by atoms with E-state index in [1.54, 1.807) is 6.07 Å². The minimum Gasteiger partial charge on any atom is -0.475 e. The second kappa shape index (κ2) is 4.01. The number of halogens is 1. The van der Waals surface area contributed by atoms with E-state index in [4.69, 9.17) is 5.11 Å². The van der Waals surface area contributed by atoms with Crippen LogP contribution in [-0.2, 0) is 0 Å². The second-order valence-electron chi connectivity index (χ2n) is 2.98. The maximum Gasteiger partial charge on any atom is 0.375 e. The first kappa shape index (κ1) is 10.2.